The number of aliphatic carboxylic acids is 1. The maximum Gasteiger partial charge on any atom is 0.314 e. The second kappa shape index (κ2) is 6.02. The molecule has 5 heteroatoms. The van der Waals surface area contributed by atoms with Crippen molar-refractivity contribution < 1.29 is 14.7 Å². The van der Waals surface area contributed by atoms with Crippen molar-refractivity contribution >= 4 is 12.0 Å². The van der Waals surface area contributed by atoms with Gasteiger partial charge in [0.2, 0.25) is 0 Å². The van der Waals surface area contributed by atoms with E-state index < -0.39 is 11.4 Å². The van der Waals surface area contributed by atoms with Gasteiger partial charge in [0.05, 0.1) is 5.41 Å². The van der Waals surface area contributed by atoms with Crippen LogP contribution in [0.4, 0.5) is 4.79 Å². The predicted molar refractivity (Wildman–Crippen MR) is 76.5 cm³/mol. The molecular formula is C15H26N2O3. The van der Waals surface area contributed by atoms with Gasteiger partial charge in [0.15, 0.2) is 0 Å². The molecule has 0 aromatic rings. The summed E-state index contributed by atoms with van der Waals surface area (Å²) in [5, 5.41) is 14.9. The molecule has 0 saturated heterocycles. The average molecular weight is 282 g/mol. The number of carbonyl (C=O) groups excluding carboxylic acids is 1. The van der Waals surface area contributed by atoms with Crippen LogP contribution < -0.4 is 10.6 Å². The van der Waals surface area contributed by atoms with E-state index in [1.165, 1.54) is 25.7 Å². The maximum atomic E-state index is 11.9. The lowest BCUT2D eigenvalue weighted by molar-refractivity contribution is -0.153. The Morgan fingerprint density at radius 3 is 2.05 bits per heavy atom. The summed E-state index contributed by atoms with van der Waals surface area (Å²) in [4.78, 5) is 23.1. The number of nitrogens with one attached hydrogen (secondary N) is 2. The van der Waals surface area contributed by atoms with Crippen LogP contribution in [-0.2, 0) is 4.79 Å². The number of hydrogen-bond acceptors (Lipinski definition) is 2. The van der Waals surface area contributed by atoms with Gasteiger partial charge in [0.1, 0.15) is 0 Å². The molecule has 20 heavy (non-hydrogen) atoms. The Labute approximate surface area is 120 Å². The van der Waals surface area contributed by atoms with Gasteiger partial charge < -0.3 is 15.7 Å². The monoisotopic (exact) mass is 282 g/mol. The molecule has 0 atom stereocenters. The Morgan fingerprint density at radius 2 is 1.60 bits per heavy atom. The van der Waals surface area contributed by atoms with Crippen LogP contribution in [0, 0.1) is 10.8 Å². The third kappa shape index (κ3) is 3.07. The molecule has 5 nitrogen and oxygen atoms in total. The van der Waals surface area contributed by atoms with Gasteiger partial charge in [-0.1, -0.05) is 26.2 Å². The molecule has 0 heterocycles. The normalized spacial score (nSPS) is 22.9. The molecule has 2 aliphatic rings. The number of rotatable bonds is 6. The highest BCUT2D eigenvalue weighted by atomic mass is 16.4. The van der Waals surface area contributed by atoms with Crippen LogP contribution in [0.5, 0.6) is 0 Å². The lowest BCUT2D eigenvalue weighted by Gasteiger charge is -2.37. The molecule has 2 rings (SSSR count). The second-order valence-electron chi connectivity index (χ2n) is 6.54. The molecule has 2 amide bonds. The highest BCUT2D eigenvalue weighted by Crippen LogP contribution is 2.41. The highest BCUT2D eigenvalue weighted by molar-refractivity contribution is 5.78. The summed E-state index contributed by atoms with van der Waals surface area (Å²) in [7, 11) is 0. The van der Waals surface area contributed by atoms with E-state index in [0.29, 0.717) is 19.4 Å². The van der Waals surface area contributed by atoms with Crippen molar-refractivity contribution in [3.8, 4) is 0 Å². The van der Waals surface area contributed by atoms with Crippen LogP contribution in [0.25, 0.3) is 0 Å². The first-order valence-corrected chi connectivity index (χ1v) is 7.77. The van der Waals surface area contributed by atoms with Gasteiger partial charge in [0.25, 0.3) is 0 Å². The smallest absolute Gasteiger partial charge is 0.314 e. The number of carboxylic acids is 1. The van der Waals surface area contributed by atoms with Crippen molar-refractivity contribution in [1.29, 1.82) is 0 Å². The standard InChI is InChI=1S/C15H26N2O3/c1-2-14(6-3-4-7-14)10-16-13(20)17-11-15(12(18)19)8-5-9-15/h2-11H2,1H3,(H,18,19)(H2,16,17,20). The van der Waals surface area contributed by atoms with Gasteiger partial charge in [-0.25, -0.2) is 4.79 Å². The van der Waals surface area contributed by atoms with Gasteiger partial charge in [0, 0.05) is 13.1 Å². The Kier molecular flexibility index (Phi) is 4.55. The number of urea groups is 1. The van der Waals surface area contributed by atoms with Crippen molar-refractivity contribution in [3.63, 3.8) is 0 Å². The van der Waals surface area contributed by atoms with Gasteiger partial charge in [-0.15, -0.1) is 0 Å². The topological polar surface area (TPSA) is 78.4 Å². The van der Waals surface area contributed by atoms with E-state index in [0.717, 1.165) is 12.8 Å². The number of carbonyl (C=O) groups is 2. The van der Waals surface area contributed by atoms with Gasteiger partial charge in [-0.05, 0) is 37.5 Å². The summed E-state index contributed by atoms with van der Waals surface area (Å²) in [5.41, 5.74) is -0.453. The number of amides is 2. The van der Waals surface area contributed by atoms with Crippen LogP contribution in [0.2, 0.25) is 0 Å². The fourth-order valence-electron chi connectivity index (χ4n) is 3.43. The fraction of sp³-hybridized carbons (Fsp3) is 0.867. The molecular weight excluding hydrogens is 256 g/mol. The summed E-state index contributed by atoms with van der Waals surface area (Å²) in [6.45, 7) is 3.13. The average Bonchev–Trinajstić information content (AvgIpc) is 2.84. The Hall–Kier alpha value is -1.26. The molecule has 0 unspecified atom stereocenters. The number of hydrogen-bond donors (Lipinski definition) is 3. The minimum absolute atomic E-state index is 0.225. The van der Waals surface area contributed by atoms with E-state index in [-0.39, 0.29) is 18.0 Å². The lowest BCUT2D eigenvalue weighted by Crippen LogP contribution is -2.50. The van der Waals surface area contributed by atoms with Crippen LogP contribution in [-0.4, -0.2) is 30.2 Å². The minimum Gasteiger partial charge on any atom is -0.481 e. The Balaban J connectivity index is 1.74. The van der Waals surface area contributed by atoms with Crippen LogP contribution in [0.3, 0.4) is 0 Å². The van der Waals surface area contributed by atoms with Crippen molar-refractivity contribution in [1.82, 2.24) is 10.6 Å². The first-order valence-electron chi connectivity index (χ1n) is 7.77. The van der Waals surface area contributed by atoms with Gasteiger partial charge in [-0.2, -0.15) is 0 Å². The largest absolute Gasteiger partial charge is 0.481 e. The van der Waals surface area contributed by atoms with E-state index in [1.807, 2.05) is 0 Å². The molecule has 2 saturated carbocycles. The van der Waals surface area contributed by atoms with Gasteiger partial charge >= 0.3 is 12.0 Å². The zero-order valence-electron chi connectivity index (χ0n) is 12.3. The molecule has 0 aromatic carbocycles. The third-order valence-corrected chi connectivity index (χ3v) is 5.39. The molecule has 0 bridgehead atoms. The first kappa shape index (κ1) is 15.1. The lowest BCUT2D eigenvalue weighted by atomic mass is 9.69. The van der Waals surface area contributed by atoms with E-state index in [1.54, 1.807) is 0 Å². The van der Waals surface area contributed by atoms with E-state index in [2.05, 4.69) is 17.6 Å². The van der Waals surface area contributed by atoms with E-state index in [4.69, 9.17) is 0 Å². The highest BCUT2D eigenvalue weighted by Gasteiger charge is 2.44. The zero-order chi connectivity index (χ0) is 14.6. The van der Waals surface area contributed by atoms with Crippen molar-refractivity contribution in [2.24, 2.45) is 10.8 Å². The SMILES string of the molecule is CCC1(CNC(=O)NCC2(C(=O)O)CCC2)CCCC1. The van der Waals surface area contributed by atoms with Crippen molar-refractivity contribution in [2.75, 3.05) is 13.1 Å². The second-order valence-corrected chi connectivity index (χ2v) is 6.54. The van der Waals surface area contributed by atoms with E-state index >= 15 is 0 Å². The summed E-state index contributed by atoms with van der Waals surface area (Å²) in [6, 6.07) is -0.225. The predicted octanol–water partition coefficient (Wildman–Crippen LogP) is 2.51. The molecule has 0 spiro atoms. The summed E-state index contributed by atoms with van der Waals surface area (Å²) < 4.78 is 0. The quantitative estimate of drug-likeness (QED) is 0.700. The maximum absolute atomic E-state index is 11.9. The van der Waals surface area contributed by atoms with Crippen molar-refractivity contribution in [3.05, 3.63) is 0 Å². The molecule has 114 valence electrons. The molecule has 0 radical (unpaired) electrons. The van der Waals surface area contributed by atoms with E-state index in [9.17, 15) is 14.7 Å². The fourth-order valence-corrected chi connectivity index (χ4v) is 3.43. The summed E-state index contributed by atoms with van der Waals surface area (Å²) in [6.07, 6.45) is 8.23. The molecule has 2 fully saturated rings. The van der Waals surface area contributed by atoms with Crippen molar-refractivity contribution in [2.45, 2.75) is 58.3 Å². The van der Waals surface area contributed by atoms with Crippen LogP contribution >= 0.6 is 0 Å². The molecule has 2 aliphatic carbocycles. The molecule has 0 aromatic heterocycles. The summed E-state index contributed by atoms with van der Waals surface area (Å²) in [5.74, 6) is -0.787. The van der Waals surface area contributed by atoms with Crippen LogP contribution in [0.1, 0.15) is 58.3 Å². The van der Waals surface area contributed by atoms with Gasteiger partial charge in [-0.3, -0.25) is 4.79 Å². The zero-order valence-corrected chi connectivity index (χ0v) is 12.3. The first-order chi connectivity index (χ1) is 9.52. The number of carboxylic acid groups (broad SMARTS) is 1. The summed E-state index contributed by atoms with van der Waals surface area (Å²) >= 11 is 0. The minimum atomic E-state index is -0.787. The Bertz CT molecular complexity index is 371. The third-order valence-electron chi connectivity index (χ3n) is 5.39. The molecule has 3 N–H and O–H groups in total. The van der Waals surface area contributed by atoms with Crippen LogP contribution in [0.15, 0.2) is 0 Å². The molecule has 0 aliphatic heterocycles. The Morgan fingerprint density at radius 1 is 1.00 bits per heavy atom.